The van der Waals surface area contributed by atoms with Gasteiger partial charge in [0.15, 0.2) is 0 Å². The molecule has 1 heterocycles. The van der Waals surface area contributed by atoms with E-state index < -0.39 is 0 Å². The highest BCUT2D eigenvalue weighted by atomic mass is 32.2. The lowest BCUT2D eigenvalue weighted by Crippen LogP contribution is -2.11. The number of aryl methyl sites for hydroxylation is 2. The first-order valence-corrected chi connectivity index (χ1v) is 6.11. The number of aliphatic hydroxyl groups excluding tert-OH is 1. The summed E-state index contributed by atoms with van der Waals surface area (Å²) in [5, 5.41) is 13.7. The molecule has 0 saturated carbocycles. The third-order valence-corrected chi connectivity index (χ3v) is 3.07. The molecule has 1 N–H and O–H groups in total. The molecule has 0 saturated heterocycles. The molecule has 3 nitrogen and oxygen atoms in total. The molecule has 1 unspecified atom stereocenters. The van der Waals surface area contributed by atoms with Crippen LogP contribution in [0.2, 0.25) is 0 Å². The first-order chi connectivity index (χ1) is 6.72. The SMILES string of the molecule is CCSCC(O)CCc1cnn(C)c1. The molecular weight excluding hydrogens is 196 g/mol. The zero-order valence-corrected chi connectivity index (χ0v) is 9.63. The van der Waals surface area contributed by atoms with E-state index in [1.807, 2.05) is 19.4 Å². The lowest BCUT2D eigenvalue weighted by atomic mass is 10.1. The Morgan fingerprint density at radius 1 is 1.64 bits per heavy atom. The van der Waals surface area contributed by atoms with Crippen molar-refractivity contribution in [1.29, 1.82) is 0 Å². The van der Waals surface area contributed by atoms with Crippen molar-refractivity contribution in [3.8, 4) is 0 Å². The summed E-state index contributed by atoms with van der Waals surface area (Å²) in [4.78, 5) is 0. The maximum atomic E-state index is 9.60. The van der Waals surface area contributed by atoms with Gasteiger partial charge in [0.05, 0.1) is 12.3 Å². The summed E-state index contributed by atoms with van der Waals surface area (Å²) in [5.74, 6) is 1.92. The smallest absolute Gasteiger partial charge is 0.0633 e. The van der Waals surface area contributed by atoms with E-state index in [0.29, 0.717) is 0 Å². The van der Waals surface area contributed by atoms with Crippen LogP contribution in [-0.2, 0) is 13.5 Å². The highest BCUT2D eigenvalue weighted by Gasteiger charge is 2.04. The average molecular weight is 214 g/mol. The van der Waals surface area contributed by atoms with Crippen molar-refractivity contribution >= 4 is 11.8 Å². The van der Waals surface area contributed by atoms with E-state index in [1.54, 1.807) is 16.4 Å². The molecule has 0 aliphatic rings. The fourth-order valence-electron chi connectivity index (χ4n) is 1.27. The van der Waals surface area contributed by atoms with Crippen LogP contribution in [0.25, 0.3) is 0 Å². The van der Waals surface area contributed by atoms with Crippen LogP contribution in [0.3, 0.4) is 0 Å². The van der Waals surface area contributed by atoms with E-state index in [4.69, 9.17) is 0 Å². The van der Waals surface area contributed by atoms with Gasteiger partial charge in [0, 0.05) is 19.0 Å². The van der Waals surface area contributed by atoms with Gasteiger partial charge in [0.1, 0.15) is 0 Å². The Balaban J connectivity index is 2.20. The summed E-state index contributed by atoms with van der Waals surface area (Å²) in [7, 11) is 1.91. The van der Waals surface area contributed by atoms with Crippen LogP contribution >= 0.6 is 11.8 Å². The Hall–Kier alpha value is -0.480. The second-order valence-corrected chi connectivity index (χ2v) is 4.69. The van der Waals surface area contributed by atoms with Crippen LogP contribution < -0.4 is 0 Å². The van der Waals surface area contributed by atoms with Crippen molar-refractivity contribution in [2.24, 2.45) is 7.05 Å². The van der Waals surface area contributed by atoms with Crippen LogP contribution in [0.4, 0.5) is 0 Å². The minimum absolute atomic E-state index is 0.180. The van der Waals surface area contributed by atoms with Crippen molar-refractivity contribution in [3.63, 3.8) is 0 Å². The Morgan fingerprint density at radius 2 is 2.43 bits per heavy atom. The Labute approximate surface area is 89.5 Å². The van der Waals surface area contributed by atoms with Crippen molar-refractivity contribution in [2.75, 3.05) is 11.5 Å². The predicted molar refractivity (Wildman–Crippen MR) is 60.5 cm³/mol. The molecule has 1 aromatic rings. The fourth-order valence-corrected chi connectivity index (χ4v) is 1.95. The van der Waals surface area contributed by atoms with Crippen LogP contribution in [0.15, 0.2) is 12.4 Å². The number of nitrogens with zero attached hydrogens (tertiary/aromatic N) is 2. The first-order valence-electron chi connectivity index (χ1n) is 4.95. The average Bonchev–Trinajstić information content (AvgIpc) is 2.58. The first kappa shape index (κ1) is 11.6. The van der Waals surface area contributed by atoms with Crippen molar-refractivity contribution < 1.29 is 5.11 Å². The Morgan fingerprint density at radius 3 is 3.00 bits per heavy atom. The third kappa shape index (κ3) is 4.15. The largest absolute Gasteiger partial charge is 0.392 e. The normalized spacial score (nSPS) is 13.1. The lowest BCUT2D eigenvalue weighted by Gasteiger charge is -2.07. The molecule has 0 spiro atoms. The number of rotatable bonds is 6. The van der Waals surface area contributed by atoms with Crippen LogP contribution in [0.1, 0.15) is 18.9 Å². The zero-order chi connectivity index (χ0) is 10.4. The van der Waals surface area contributed by atoms with E-state index in [-0.39, 0.29) is 6.10 Å². The van der Waals surface area contributed by atoms with E-state index in [9.17, 15) is 5.11 Å². The van der Waals surface area contributed by atoms with E-state index >= 15 is 0 Å². The standard InChI is InChI=1S/C10H18N2OS/c1-3-14-8-10(13)5-4-9-6-11-12(2)7-9/h6-7,10,13H,3-5,8H2,1-2H3. The molecular formula is C10H18N2OS. The Kier molecular flexibility index (Phi) is 5.04. The fraction of sp³-hybridized carbons (Fsp3) is 0.700. The summed E-state index contributed by atoms with van der Waals surface area (Å²) < 4.78 is 1.79. The number of hydrogen-bond acceptors (Lipinski definition) is 3. The van der Waals surface area contributed by atoms with Gasteiger partial charge in [-0.25, -0.2) is 0 Å². The predicted octanol–water partition coefficient (Wildman–Crippen LogP) is 1.47. The van der Waals surface area contributed by atoms with Crippen molar-refractivity contribution in [2.45, 2.75) is 25.9 Å². The number of thioether (sulfide) groups is 1. The van der Waals surface area contributed by atoms with Gasteiger partial charge in [-0.1, -0.05) is 6.92 Å². The molecule has 0 fully saturated rings. The number of hydrogen-bond donors (Lipinski definition) is 1. The summed E-state index contributed by atoms with van der Waals surface area (Å²) in [6, 6.07) is 0. The van der Waals surface area contributed by atoms with Gasteiger partial charge in [0.25, 0.3) is 0 Å². The molecule has 0 aliphatic heterocycles. The number of aliphatic hydroxyl groups is 1. The van der Waals surface area contributed by atoms with Gasteiger partial charge in [-0.3, -0.25) is 4.68 Å². The molecule has 0 radical (unpaired) electrons. The molecule has 0 aliphatic carbocycles. The molecule has 1 aromatic heterocycles. The molecule has 4 heteroatoms. The quantitative estimate of drug-likeness (QED) is 0.779. The minimum Gasteiger partial charge on any atom is -0.392 e. The summed E-state index contributed by atoms with van der Waals surface area (Å²) >= 11 is 1.79. The highest BCUT2D eigenvalue weighted by molar-refractivity contribution is 7.99. The molecule has 1 atom stereocenters. The summed E-state index contributed by atoms with van der Waals surface area (Å²) in [6.07, 6.45) is 5.43. The monoisotopic (exact) mass is 214 g/mol. The number of aromatic nitrogens is 2. The van der Waals surface area contributed by atoms with E-state index in [1.165, 1.54) is 5.56 Å². The molecule has 0 aromatic carbocycles. The highest BCUT2D eigenvalue weighted by Crippen LogP contribution is 2.08. The maximum absolute atomic E-state index is 9.60. The molecule has 0 amide bonds. The molecule has 1 rings (SSSR count). The van der Waals surface area contributed by atoms with Gasteiger partial charge >= 0.3 is 0 Å². The van der Waals surface area contributed by atoms with Crippen LogP contribution in [0, 0.1) is 0 Å². The topological polar surface area (TPSA) is 38.1 Å². The van der Waals surface area contributed by atoms with E-state index in [2.05, 4.69) is 12.0 Å². The van der Waals surface area contributed by atoms with Gasteiger partial charge in [-0.15, -0.1) is 0 Å². The van der Waals surface area contributed by atoms with Gasteiger partial charge in [-0.05, 0) is 24.2 Å². The van der Waals surface area contributed by atoms with Gasteiger partial charge < -0.3 is 5.11 Å². The zero-order valence-electron chi connectivity index (χ0n) is 8.81. The summed E-state index contributed by atoms with van der Waals surface area (Å²) in [5.41, 5.74) is 1.20. The Bertz CT molecular complexity index is 262. The van der Waals surface area contributed by atoms with Crippen LogP contribution in [0.5, 0.6) is 0 Å². The van der Waals surface area contributed by atoms with Crippen LogP contribution in [-0.4, -0.2) is 32.5 Å². The van der Waals surface area contributed by atoms with E-state index in [0.717, 1.165) is 24.3 Å². The van der Waals surface area contributed by atoms with Crippen molar-refractivity contribution in [3.05, 3.63) is 18.0 Å². The molecule has 80 valence electrons. The second-order valence-electron chi connectivity index (χ2n) is 3.37. The van der Waals surface area contributed by atoms with Gasteiger partial charge in [-0.2, -0.15) is 16.9 Å². The summed E-state index contributed by atoms with van der Waals surface area (Å²) in [6.45, 7) is 2.11. The third-order valence-electron chi connectivity index (χ3n) is 2.04. The minimum atomic E-state index is -0.180. The second kappa shape index (κ2) is 6.09. The van der Waals surface area contributed by atoms with Gasteiger partial charge in [0.2, 0.25) is 0 Å². The van der Waals surface area contributed by atoms with Crippen molar-refractivity contribution in [1.82, 2.24) is 9.78 Å². The maximum Gasteiger partial charge on any atom is 0.0633 e. The molecule has 0 bridgehead atoms. The lowest BCUT2D eigenvalue weighted by molar-refractivity contribution is 0.189. The molecule has 14 heavy (non-hydrogen) atoms.